The molecule has 0 saturated carbocycles. The van der Waals surface area contributed by atoms with Gasteiger partial charge in [-0.3, -0.25) is 10.1 Å². The van der Waals surface area contributed by atoms with Crippen LogP contribution in [0.15, 0.2) is 30.3 Å². The van der Waals surface area contributed by atoms with Gasteiger partial charge in [-0.15, -0.1) is 0 Å². The fourth-order valence-corrected chi connectivity index (χ4v) is 0.790. The number of amides is 1. The normalized spacial score (nSPS) is 10.2. The molecule has 6 heteroatoms. The molecule has 0 atom stereocenters. The van der Waals surface area contributed by atoms with Gasteiger partial charge >= 0.3 is 6.30 Å². The molecule has 1 amide bonds. The second-order valence-corrected chi connectivity index (χ2v) is 2.32. The van der Waals surface area contributed by atoms with Gasteiger partial charge < -0.3 is 5.48 Å². The lowest BCUT2D eigenvalue weighted by Gasteiger charge is -2.07. The van der Waals surface area contributed by atoms with Crippen molar-refractivity contribution in [2.24, 2.45) is 0 Å². The van der Waals surface area contributed by atoms with E-state index in [1.54, 1.807) is 6.07 Å². The standard InChI is InChI=1S/C8H6F3NO.H2O/c9-8(10,11)12-7(13)6-4-2-1-3-5-6;/h1-5H,(H,12,13);1H2. The van der Waals surface area contributed by atoms with Crippen molar-refractivity contribution in [3.63, 3.8) is 0 Å². The molecule has 0 aliphatic rings. The third-order valence-electron chi connectivity index (χ3n) is 1.29. The SMILES string of the molecule is O.O=C(NC(F)(F)F)c1ccccc1. The highest BCUT2D eigenvalue weighted by atomic mass is 19.4. The zero-order chi connectivity index (χ0) is 9.90. The van der Waals surface area contributed by atoms with E-state index in [1.807, 2.05) is 0 Å². The zero-order valence-electron chi connectivity index (χ0n) is 6.93. The van der Waals surface area contributed by atoms with Gasteiger partial charge in [0, 0.05) is 5.56 Å². The number of hydrogen-bond donors (Lipinski definition) is 1. The van der Waals surface area contributed by atoms with Crippen LogP contribution in [0.25, 0.3) is 0 Å². The van der Waals surface area contributed by atoms with E-state index in [4.69, 9.17) is 0 Å². The predicted octanol–water partition coefficient (Wildman–Crippen LogP) is 1.11. The first-order valence-corrected chi connectivity index (χ1v) is 3.43. The van der Waals surface area contributed by atoms with Gasteiger partial charge in [-0.2, -0.15) is 13.2 Å². The number of carbonyl (C=O) groups excluding carboxylic acids is 1. The molecular weight excluding hydrogens is 199 g/mol. The monoisotopic (exact) mass is 207 g/mol. The van der Waals surface area contributed by atoms with E-state index in [-0.39, 0.29) is 11.0 Å². The van der Waals surface area contributed by atoms with Gasteiger partial charge in [0.05, 0.1) is 0 Å². The number of alkyl halides is 3. The minimum absolute atomic E-state index is 0. The van der Waals surface area contributed by atoms with E-state index in [1.165, 1.54) is 24.3 Å². The molecule has 0 aliphatic carbocycles. The predicted molar refractivity (Wildman–Crippen MR) is 43.6 cm³/mol. The molecule has 1 aromatic rings. The Hall–Kier alpha value is -1.56. The summed E-state index contributed by atoms with van der Waals surface area (Å²) < 4.78 is 35.0. The van der Waals surface area contributed by atoms with Gasteiger partial charge in [0.15, 0.2) is 0 Å². The first-order valence-electron chi connectivity index (χ1n) is 3.43. The average molecular weight is 207 g/mol. The van der Waals surface area contributed by atoms with E-state index in [0.717, 1.165) is 5.32 Å². The molecule has 0 heterocycles. The molecule has 1 rings (SSSR count). The van der Waals surface area contributed by atoms with Crippen molar-refractivity contribution in [2.45, 2.75) is 6.30 Å². The van der Waals surface area contributed by atoms with Crippen LogP contribution in [0.5, 0.6) is 0 Å². The van der Waals surface area contributed by atoms with Crippen LogP contribution in [0.1, 0.15) is 10.4 Å². The molecule has 14 heavy (non-hydrogen) atoms. The Morgan fingerprint density at radius 2 is 1.64 bits per heavy atom. The molecule has 0 bridgehead atoms. The van der Waals surface area contributed by atoms with Crippen molar-refractivity contribution in [3.05, 3.63) is 35.9 Å². The number of halogens is 3. The largest absolute Gasteiger partial charge is 0.484 e. The lowest BCUT2D eigenvalue weighted by atomic mass is 10.2. The molecule has 0 saturated heterocycles. The topological polar surface area (TPSA) is 60.6 Å². The van der Waals surface area contributed by atoms with Crippen LogP contribution in [-0.2, 0) is 0 Å². The van der Waals surface area contributed by atoms with Crippen molar-refractivity contribution < 1.29 is 23.4 Å². The number of carbonyl (C=O) groups is 1. The molecule has 0 aliphatic heterocycles. The fourth-order valence-electron chi connectivity index (χ4n) is 0.790. The maximum atomic E-state index is 11.7. The first-order chi connectivity index (χ1) is 5.99. The highest BCUT2D eigenvalue weighted by Gasteiger charge is 2.30. The molecule has 0 fully saturated rings. The van der Waals surface area contributed by atoms with E-state index in [0.29, 0.717) is 0 Å². The van der Waals surface area contributed by atoms with E-state index in [9.17, 15) is 18.0 Å². The van der Waals surface area contributed by atoms with Crippen LogP contribution in [0, 0.1) is 0 Å². The number of benzene rings is 1. The minimum atomic E-state index is -4.67. The summed E-state index contributed by atoms with van der Waals surface area (Å²) >= 11 is 0. The third-order valence-corrected chi connectivity index (χ3v) is 1.29. The summed E-state index contributed by atoms with van der Waals surface area (Å²) in [6.45, 7) is 0. The van der Waals surface area contributed by atoms with E-state index < -0.39 is 12.2 Å². The zero-order valence-corrected chi connectivity index (χ0v) is 6.93. The summed E-state index contributed by atoms with van der Waals surface area (Å²) in [5.41, 5.74) is -0.0141. The van der Waals surface area contributed by atoms with Crippen LogP contribution < -0.4 is 5.32 Å². The second kappa shape index (κ2) is 4.61. The first kappa shape index (κ1) is 12.4. The number of nitrogens with one attached hydrogen (secondary N) is 1. The highest BCUT2D eigenvalue weighted by molar-refractivity contribution is 5.94. The van der Waals surface area contributed by atoms with Crippen molar-refractivity contribution in [3.8, 4) is 0 Å². The molecule has 1 aromatic carbocycles. The molecule has 0 radical (unpaired) electrons. The van der Waals surface area contributed by atoms with Gasteiger partial charge in [-0.25, -0.2) is 0 Å². The minimum Gasteiger partial charge on any atom is -0.412 e. The van der Waals surface area contributed by atoms with Gasteiger partial charge in [0.2, 0.25) is 0 Å². The number of rotatable bonds is 1. The van der Waals surface area contributed by atoms with Gasteiger partial charge in [-0.1, -0.05) is 18.2 Å². The smallest absolute Gasteiger partial charge is 0.412 e. The van der Waals surface area contributed by atoms with Crippen LogP contribution in [0.4, 0.5) is 13.2 Å². The van der Waals surface area contributed by atoms with Gasteiger partial charge in [-0.05, 0) is 12.1 Å². The van der Waals surface area contributed by atoms with Crippen LogP contribution >= 0.6 is 0 Å². The summed E-state index contributed by atoms with van der Waals surface area (Å²) in [6.07, 6.45) is -4.67. The molecular formula is C8H8F3NO2. The fraction of sp³-hybridized carbons (Fsp3) is 0.125. The molecule has 3 nitrogen and oxygen atoms in total. The summed E-state index contributed by atoms with van der Waals surface area (Å²) in [5.74, 6) is -1.15. The Bertz CT molecular complexity index is 297. The van der Waals surface area contributed by atoms with Crippen LogP contribution in [0.3, 0.4) is 0 Å². The number of hydrogen-bond acceptors (Lipinski definition) is 1. The summed E-state index contributed by atoms with van der Waals surface area (Å²) in [4.78, 5) is 10.8. The Morgan fingerprint density at radius 3 is 2.07 bits per heavy atom. The molecule has 0 unspecified atom stereocenters. The maximum Gasteiger partial charge on any atom is 0.484 e. The van der Waals surface area contributed by atoms with Crippen molar-refractivity contribution in [2.75, 3.05) is 0 Å². The quantitative estimate of drug-likeness (QED) is 0.689. The Balaban J connectivity index is 0.00000169. The summed E-state index contributed by atoms with van der Waals surface area (Å²) in [6, 6.07) is 7.21. The van der Waals surface area contributed by atoms with Crippen LogP contribution in [-0.4, -0.2) is 17.7 Å². The summed E-state index contributed by atoms with van der Waals surface area (Å²) in [5, 5.41) is 0.896. The molecule has 78 valence electrons. The maximum absolute atomic E-state index is 11.7. The highest BCUT2D eigenvalue weighted by Crippen LogP contribution is 2.11. The third kappa shape index (κ3) is 3.90. The Labute approximate surface area is 77.9 Å². The lowest BCUT2D eigenvalue weighted by Crippen LogP contribution is -2.37. The van der Waals surface area contributed by atoms with E-state index >= 15 is 0 Å². The molecule has 0 spiro atoms. The van der Waals surface area contributed by atoms with Crippen molar-refractivity contribution in [1.82, 2.24) is 5.32 Å². The Morgan fingerprint density at radius 1 is 1.14 bits per heavy atom. The van der Waals surface area contributed by atoms with Gasteiger partial charge in [0.25, 0.3) is 5.91 Å². The Kier molecular flexibility index (Phi) is 4.10. The molecule has 0 aromatic heterocycles. The van der Waals surface area contributed by atoms with Crippen molar-refractivity contribution in [1.29, 1.82) is 0 Å². The second-order valence-electron chi connectivity index (χ2n) is 2.32. The van der Waals surface area contributed by atoms with Crippen molar-refractivity contribution >= 4 is 5.91 Å². The lowest BCUT2D eigenvalue weighted by molar-refractivity contribution is -0.146. The van der Waals surface area contributed by atoms with E-state index in [2.05, 4.69) is 0 Å². The summed E-state index contributed by atoms with van der Waals surface area (Å²) in [7, 11) is 0. The van der Waals surface area contributed by atoms with Gasteiger partial charge in [0.1, 0.15) is 0 Å². The van der Waals surface area contributed by atoms with Crippen LogP contribution in [0.2, 0.25) is 0 Å². The molecule has 3 N–H and O–H groups in total. The average Bonchev–Trinajstić information content (AvgIpc) is 2.03.